The summed E-state index contributed by atoms with van der Waals surface area (Å²) < 4.78 is 1.53. The Morgan fingerprint density at radius 1 is 1.33 bits per heavy atom. The number of hydrogen-bond donors (Lipinski definition) is 1. The summed E-state index contributed by atoms with van der Waals surface area (Å²) in [6.45, 7) is 5.40. The van der Waals surface area contributed by atoms with Crippen molar-refractivity contribution in [3.8, 4) is 0 Å². The summed E-state index contributed by atoms with van der Waals surface area (Å²) in [4.78, 5) is 43.3. The molecule has 2 aliphatic rings. The molecule has 142 valence electrons. The van der Waals surface area contributed by atoms with E-state index in [-0.39, 0.29) is 35.6 Å². The van der Waals surface area contributed by atoms with Crippen molar-refractivity contribution in [3.05, 3.63) is 23.7 Å². The van der Waals surface area contributed by atoms with Crippen LogP contribution in [0.1, 0.15) is 42.9 Å². The predicted molar refractivity (Wildman–Crippen MR) is 98.1 cm³/mol. The number of carbonyl (C=O) groups excluding carboxylic acids is 3. The number of pyridine rings is 1. The zero-order valence-corrected chi connectivity index (χ0v) is 15.9. The Labute approximate surface area is 156 Å². The molecule has 0 unspecified atom stereocenters. The number of likely N-dealkylation sites (tertiary alicyclic amines) is 1. The third-order valence-corrected chi connectivity index (χ3v) is 5.86. The monoisotopic (exact) mass is 369 g/mol. The lowest BCUT2D eigenvalue weighted by Gasteiger charge is -2.26. The molecule has 0 bridgehead atoms. The second-order valence-corrected chi connectivity index (χ2v) is 7.91. The van der Waals surface area contributed by atoms with Gasteiger partial charge >= 0.3 is 0 Å². The number of nitrogens with one attached hydrogen (secondary N) is 1. The number of aryl methyl sites for hydroxylation is 1. The maximum atomic E-state index is 13.1. The number of aromatic nitrogens is 3. The molecule has 8 nitrogen and oxygen atoms in total. The fourth-order valence-corrected chi connectivity index (χ4v) is 4.29. The number of hydrogen-bond acceptors (Lipinski definition) is 5. The Balaban J connectivity index is 1.67. The van der Waals surface area contributed by atoms with E-state index in [1.165, 1.54) is 11.6 Å². The molecule has 2 aromatic heterocycles. The van der Waals surface area contributed by atoms with E-state index in [2.05, 4.69) is 22.3 Å². The van der Waals surface area contributed by atoms with Gasteiger partial charge in [0.2, 0.25) is 11.8 Å². The zero-order valence-electron chi connectivity index (χ0n) is 15.9. The fraction of sp³-hybridized carbons (Fsp3) is 0.526. The quantitative estimate of drug-likeness (QED) is 0.813. The number of piperidine rings is 1. The summed E-state index contributed by atoms with van der Waals surface area (Å²) in [6.07, 6.45) is 3.24. The molecule has 2 fully saturated rings. The Morgan fingerprint density at radius 3 is 2.74 bits per heavy atom. The van der Waals surface area contributed by atoms with Gasteiger partial charge in [0, 0.05) is 31.1 Å². The van der Waals surface area contributed by atoms with Crippen LogP contribution in [-0.2, 0) is 16.1 Å². The van der Waals surface area contributed by atoms with Crippen molar-refractivity contribution >= 4 is 28.5 Å². The van der Waals surface area contributed by atoms with E-state index in [9.17, 15) is 14.4 Å². The SMILES string of the molecule is CNC(=O)[C@@H]1C[C@@]2(C)C[C@H]2N1C(=O)Cn1nc(C(C)=O)c2cc(C)ncc21. The molecular formula is C19H23N5O3. The Morgan fingerprint density at radius 2 is 2.07 bits per heavy atom. The minimum absolute atomic E-state index is 0.0193. The fourth-order valence-electron chi connectivity index (χ4n) is 4.29. The van der Waals surface area contributed by atoms with Crippen LogP contribution in [0.3, 0.4) is 0 Å². The standard InChI is InChI=1S/C19H23N5O3/c1-10-5-12-14(8-21-10)23(22-17(12)11(2)25)9-16(26)24-13(18(27)20-4)6-19(3)7-15(19)24/h5,8,13,15H,6-7,9H2,1-4H3,(H,20,27)/t13-,15+,19-/m0/s1. The molecule has 3 heterocycles. The first kappa shape index (κ1) is 17.6. The number of Topliss-reactive ketones (excluding diaryl/α,β-unsaturated/α-hetero) is 1. The molecule has 1 saturated heterocycles. The van der Waals surface area contributed by atoms with Crippen molar-refractivity contribution in [1.29, 1.82) is 0 Å². The van der Waals surface area contributed by atoms with Gasteiger partial charge in [0.05, 0.1) is 11.7 Å². The first-order valence-corrected chi connectivity index (χ1v) is 9.12. The van der Waals surface area contributed by atoms with Gasteiger partial charge in [-0.05, 0) is 31.2 Å². The van der Waals surface area contributed by atoms with E-state index in [1.54, 1.807) is 24.2 Å². The molecule has 2 aromatic rings. The van der Waals surface area contributed by atoms with Gasteiger partial charge in [-0.3, -0.25) is 24.0 Å². The molecule has 1 N–H and O–H groups in total. The van der Waals surface area contributed by atoms with Crippen LogP contribution >= 0.6 is 0 Å². The van der Waals surface area contributed by atoms with Crippen LogP contribution < -0.4 is 5.32 Å². The summed E-state index contributed by atoms with van der Waals surface area (Å²) >= 11 is 0. The number of carbonyl (C=O) groups is 3. The van der Waals surface area contributed by atoms with Crippen LogP contribution in [0.5, 0.6) is 0 Å². The van der Waals surface area contributed by atoms with E-state index in [0.717, 1.165) is 12.1 Å². The largest absolute Gasteiger partial charge is 0.357 e. The third-order valence-electron chi connectivity index (χ3n) is 5.86. The highest BCUT2D eigenvalue weighted by Crippen LogP contribution is 2.59. The van der Waals surface area contributed by atoms with Crippen molar-refractivity contribution in [1.82, 2.24) is 25.0 Å². The van der Waals surface area contributed by atoms with Crippen molar-refractivity contribution < 1.29 is 14.4 Å². The van der Waals surface area contributed by atoms with Crippen molar-refractivity contribution in [2.24, 2.45) is 5.41 Å². The number of amides is 2. The minimum atomic E-state index is -0.444. The summed E-state index contributed by atoms with van der Waals surface area (Å²) in [7, 11) is 1.59. The minimum Gasteiger partial charge on any atom is -0.357 e. The van der Waals surface area contributed by atoms with Gasteiger partial charge in [0.25, 0.3) is 0 Å². The molecular weight excluding hydrogens is 346 g/mol. The van der Waals surface area contributed by atoms with E-state index in [0.29, 0.717) is 23.0 Å². The molecule has 3 atom stereocenters. The lowest BCUT2D eigenvalue weighted by molar-refractivity contribution is -0.140. The van der Waals surface area contributed by atoms with Crippen LogP contribution in [-0.4, -0.2) is 56.4 Å². The van der Waals surface area contributed by atoms with Crippen molar-refractivity contribution in [2.75, 3.05) is 7.05 Å². The van der Waals surface area contributed by atoms with E-state index in [1.807, 2.05) is 6.92 Å². The van der Waals surface area contributed by atoms with Crippen molar-refractivity contribution in [2.45, 2.75) is 52.2 Å². The molecule has 0 radical (unpaired) electrons. The van der Waals surface area contributed by atoms with Crippen LogP contribution in [0.15, 0.2) is 12.3 Å². The molecule has 27 heavy (non-hydrogen) atoms. The zero-order chi connectivity index (χ0) is 19.5. The van der Waals surface area contributed by atoms with E-state index < -0.39 is 6.04 Å². The van der Waals surface area contributed by atoms with Gasteiger partial charge in [-0.1, -0.05) is 6.92 Å². The second-order valence-electron chi connectivity index (χ2n) is 7.91. The van der Waals surface area contributed by atoms with E-state index in [4.69, 9.17) is 0 Å². The second kappa shape index (κ2) is 5.87. The van der Waals surface area contributed by atoms with Crippen LogP contribution in [0.25, 0.3) is 10.9 Å². The highest BCUT2D eigenvalue weighted by atomic mass is 16.2. The topological polar surface area (TPSA) is 97.2 Å². The summed E-state index contributed by atoms with van der Waals surface area (Å²) in [6, 6.07) is 1.46. The van der Waals surface area contributed by atoms with Gasteiger partial charge in [0.1, 0.15) is 18.3 Å². The molecule has 0 aromatic carbocycles. The Kier molecular flexibility index (Phi) is 3.83. The van der Waals surface area contributed by atoms with Gasteiger partial charge in [-0.25, -0.2) is 0 Å². The molecule has 1 aliphatic carbocycles. The maximum absolute atomic E-state index is 13.1. The van der Waals surface area contributed by atoms with E-state index >= 15 is 0 Å². The highest BCUT2D eigenvalue weighted by Gasteiger charge is 2.64. The van der Waals surface area contributed by atoms with Crippen LogP contribution in [0.2, 0.25) is 0 Å². The summed E-state index contributed by atoms with van der Waals surface area (Å²) in [5.74, 6) is -0.449. The smallest absolute Gasteiger partial charge is 0.245 e. The van der Waals surface area contributed by atoms with Crippen molar-refractivity contribution in [3.63, 3.8) is 0 Å². The lowest BCUT2D eigenvalue weighted by Crippen LogP contribution is -2.48. The predicted octanol–water partition coefficient (Wildman–Crippen LogP) is 1.07. The number of nitrogens with zero attached hydrogens (tertiary/aromatic N) is 4. The number of ketones is 1. The third kappa shape index (κ3) is 2.70. The Hall–Kier alpha value is -2.77. The average molecular weight is 369 g/mol. The molecule has 1 aliphatic heterocycles. The first-order valence-electron chi connectivity index (χ1n) is 9.12. The molecule has 0 spiro atoms. The van der Waals surface area contributed by atoms with Gasteiger partial charge < -0.3 is 10.2 Å². The molecule has 8 heteroatoms. The molecule has 4 rings (SSSR count). The summed E-state index contributed by atoms with van der Waals surface area (Å²) in [5.41, 5.74) is 1.79. The molecule has 2 amide bonds. The van der Waals surface area contributed by atoms with Crippen LogP contribution in [0, 0.1) is 12.3 Å². The molecule has 1 saturated carbocycles. The van der Waals surface area contributed by atoms with Gasteiger partial charge in [-0.15, -0.1) is 0 Å². The normalized spacial score (nSPS) is 26.1. The van der Waals surface area contributed by atoms with Crippen LogP contribution in [0.4, 0.5) is 0 Å². The number of likely N-dealkylation sites (N-methyl/N-ethyl adjacent to an activating group) is 1. The first-order chi connectivity index (χ1) is 12.7. The lowest BCUT2D eigenvalue weighted by atomic mass is 10.0. The average Bonchev–Trinajstić information content (AvgIpc) is 2.99. The summed E-state index contributed by atoms with van der Waals surface area (Å²) in [5, 5.41) is 7.72. The maximum Gasteiger partial charge on any atom is 0.245 e. The van der Waals surface area contributed by atoms with Gasteiger partial charge in [-0.2, -0.15) is 5.10 Å². The highest BCUT2D eigenvalue weighted by molar-refractivity contribution is 6.05. The number of fused-ring (bicyclic) bond motifs is 2. The Bertz CT molecular complexity index is 981. The number of rotatable bonds is 4. The van der Waals surface area contributed by atoms with Gasteiger partial charge in [0.15, 0.2) is 5.78 Å².